The summed E-state index contributed by atoms with van der Waals surface area (Å²) in [6, 6.07) is 3.65. The van der Waals surface area contributed by atoms with Crippen LogP contribution in [-0.4, -0.2) is 50.7 Å². The predicted molar refractivity (Wildman–Crippen MR) is 98.8 cm³/mol. The number of rotatable bonds is 7. The highest BCUT2D eigenvalue weighted by Crippen LogP contribution is 2.26. The topological polar surface area (TPSA) is 154 Å². The Labute approximate surface area is 164 Å². The number of hydrogen-bond acceptors (Lipinski definition) is 10. The molecule has 1 heterocycles. The third kappa shape index (κ3) is 4.80. The maximum absolute atomic E-state index is 12.6. The Balaban J connectivity index is 2.40. The lowest BCUT2D eigenvalue weighted by Crippen LogP contribution is -2.17. The van der Waals surface area contributed by atoms with Gasteiger partial charge in [-0.2, -0.15) is 8.42 Å². The van der Waals surface area contributed by atoms with E-state index in [0.29, 0.717) is 11.3 Å². The second-order valence-electron chi connectivity index (χ2n) is 5.12. The first-order valence-corrected chi connectivity index (χ1v) is 9.98. The average molecular weight is 428 g/mol. The Bertz CT molecular complexity index is 1020. The zero-order valence-corrected chi connectivity index (χ0v) is 16.6. The van der Waals surface area contributed by atoms with Gasteiger partial charge in [-0.3, -0.25) is 9.52 Å². The summed E-state index contributed by atoms with van der Waals surface area (Å²) in [4.78, 5) is 35.0. The number of amides is 1. The summed E-state index contributed by atoms with van der Waals surface area (Å²) in [6.45, 7) is 1.62. The summed E-state index contributed by atoms with van der Waals surface area (Å²) < 4.78 is 36.1. The van der Waals surface area contributed by atoms with Crippen molar-refractivity contribution >= 4 is 50.0 Å². The Morgan fingerprint density at radius 2 is 1.79 bits per heavy atom. The van der Waals surface area contributed by atoms with E-state index in [1.807, 2.05) is 0 Å². The van der Waals surface area contributed by atoms with Gasteiger partial charge in [0.05, 0.1) is 31.0 Å². The van der Waals surface area contributed by atoms with E-state index in [0.717, 1.165) is 20.3 Å². The summed E-state index contributed by atoms with van der Waals surface area (Å²) in [5, 5.41) is 9.53. The van der Waals surface area contributed by atoms with Crippen LogP contribution in [0.15, 0.2) is 22.5 Å². The molecule has 2 rings (SSSR count). The van der Waals surface area contributed by atoms with Crippen LogP contribution in [0, 0.1) is 0 Å². The summed E-state index contributed by atoms with van der Waals surface area (Å²) in [5.41, 5.74) is -0.312. The van der Waals surface area contributed by atoms with E-state index in [4.69, 9.17) is 0 Å². The molecular weight excluding hydrogens is 412 g/mol. The Morgan fingerprint density at radius 3 is 2.39 bits per heavy atom. The van der Waals surface area contributed by atoms with Crippen LogP contribution in [0.2, 0.25) is 0 Å². The lowest BCUT2D eigenvalue weighted by molar-refractivity contribution is -0.115. The highest BCUT2D eigenvalue weighted by Gasteiger charge is 2.25. The van der Waals surface area contributed by atoms with Gasteiger partial charge in [0.2, 0.25) is 11.0 Å². The van der Waals surface area contributed by atoms with Crippen molar-refractivity contribution in [3.05, 3.63) is 29.3 Å². The van der Waals surface area contributed by atoms with Crippen molar-refractivity contribution in [2.45, 2.75) is 17.7 Å². The number of carbonyl (C=O) groups excluding carboxylic acids is 3. The van der Waals surface area contributed by atoms with Gasteiger partial charge in [-0.25, -0.2) is 9.59 Å². The summed E-state index contributed by atoms with van der Waals surface area (Å²) in [7, 11) is -1.98. The largest absolute Gasteiger partial charge is 0.465 e. The molecule has 0 aliphatic rings. The minimum absolute atomic E-state index is 0.00345. The number of anilines is 2. The molecule has 1 aromatic heterocycles. The molecule has 0 atom stereocenters. The molecule has 1 aromatic carbocycles. The second-order valence-corrected chi connectivity index (χ2v) is 7.96. The number of hydrogen-bond donors (Lipinski definition) is 2. The lowest BCUT2D eigenvalue weighted by Gasteiger charge is -2.11. The van der Waals surface area contributed by atoms with Crippen molar-refractivity contribution in [2.75, 3.05) is 24.3 Å². The minimum atomic E-state index is -4.26. The molecule has 0 radical (unpaired) electrons. The van der Waals surface area contributed by atoms with Gasteiger partial charge >= 0.3 is 11.9 Å². The summed E-state index contributed by atoms with van der Waals surface area (Å²) in [6.07, 6.45) is 0.183. The molecule has 0 saturated heterocycles. The normalized spacial score (nSPS) is 10.8. The Kier molecular flexibility index (Phi) is 6.64. The molecule has 2 aromatic rings. The van der Waals surface area contributed by atoms with Gasteiger partial charge in [0.1, 0.15) is 0 Å². The van der Waals surface area contributed by atoms with E-state index in [1.165, 1.54) is 12.1 Å². The molecule has 0 saturated carbocycles. The fourth-order valence-electron chi connectivity index (χ4n) is 1.93. The molecule has 1 amide bonds. The summed E-state index contributed by atoms with van der Waals surface area (Å²) >= 11 is 0.625. The minimum Gasteiger partial charge on any atom is -0.465 e. The van der Waals surface area contributed by atoms with Crippen LogP contribution < -0.4 is 10.0 Å². The lowest BCUT2D eigenvalue weighted by atomic mass is 10.1. The molecule has 0 fully saturated rings. The van der Waals surface area contributed by atoms with Crippen molar-refractivity contribution in [3.8, 4) is 0 Å². The number of carbonyl (C=O) groups is 3. The van der Waals surface area contributed by atoms with E-state index < -0.39 is 26.3 Å². The molecule has 0 aliphatic carbocycles. The SMILES string of the molecule is CCC(=O)Nc1nnc(S(=O)(=O)Nc2cc(C(=O)OC)ccc2C(=O)OC)s1. The molecular formula is C15H16N4O7S2. The summed E-state index contributed by atoms with van der Waals surface area (Å²) in [5.74, 6) is -1.90. The van der Waals surface area contributed by atoms with Crippen molar-refractivity contribution in [1.82, 2.24) is 10.2 Å². The number of nitrogens with zero attached hydrogens (tertiary/aromatic N) is 2. The van der Waals surface area contributed by atoms with Gasteiger partial charge in [0, 0.05) is 6.42 Å². The molecule has 11 nitrogen and oxygen atoms in total. The number of methoxy groups -OCH3 is 2. The highest BCUT2D eigenvalue weighted by atomic mass is 32.2. The monoisotopic (exact) mass is 428 g/mol. The fraction of sp³-hybridized carbons (Fsp3) is 0.267. The third-order valence-electron chi connectivity index (χ3n) is 3.29. The second kappa shape index (κ2) is 8.75. The van der Waals surface area contributed by atoms with Crippen molar-refractivity contribution in [1.29, 1.82) is 0 Å². The van der Waals surface area contributed by atoms with Crippen molar-refractivity contribution < 1.29 is 32.3 Å². The third-order valence-corrected chi connectivity index (χ3v) is 5.87. The number of benzene rings is 1. The van der Waals surface area contributed by atoms with Crippen LogP contribution in [0.3, 0.4) is 0 Å². The van der Waals surface area contributed by atoms with Crippen LogP contribution in [0.25, 0.3) is 0 Å². The van der Waals surface area contributed by atoms with Crippen molar-refractivity contribution in [2.24, 2.45) is 0 Å². The van der Waals surface area contributed by atoms with Gasteiger partial charge in [0.15, 0.2) is 0 Å². The van der Waals surface area contributed by atoms with Crippen LogP contribution in [0.4, 0.5) is 10.8 Å². The zero-order valence-electron chi connectivity index (χ0n) is 15.0. The molecule has 0 aliphatic heterocycles. The maximum Gasteiger partial charge on any atom is 0.339 e. The van der Waals surface area contributed by atoms with E-state index in [-0.39, 0.29) is 34.3 Å². The van der Waals surface area contributed by atoms with Crippen LogP contribution in [-0.2, 0) is 24.3 Å². The van der Waals surface area contributed by atoms with E-state index in [2.05, 4.69) is 29.7 Å². The number of nitrogens with one attached hydrogen (secondary N) is 2. The Morgan fingerprint density at radius 1 is 1.11 bits per heavy atom. The maximum atomic E-state index is 12.6. The zero-order chi connectivity index (χ0) is 20.9. The van der Waals surface area contributed by atoms with Crippen LogP contribution in [0.1, 0.15) is 34.1 Å². The number of ether oxygens (including phenoxy) is 2. The van der Waals surface area contributed by atoms with Gasteiger partial charge in [-0.15, -0.1) is 10.2 Å². The molecule has 0 unspecified atom stereocenters. The molecule has 0 spiro atoms. The van der Waals surface area contributed by atoms with Gasteiger partial charge < -0.3 is 14.8 Å². The highest BCUT2D eigenvalue weighted by molar-refractivity contribution is 7.94. The smallest absolute Gasteiger partial charge is 0.339 e. The quantitative estimate of drug-likeness (QED) is 0.490. The number of esters is 2. The van der Waals surface area contributed by atoms with E-state index >= 15 is 0 Å². The average Bonchev–Trinajstić information content (AvgIpc) is 3.15. The first kappa shape index (κ1) is 21.2. The molecule has 0 bridgehead atoms. The van der Waals surface area contributed by atoms with Gasteiger partial charge in [-0.05, 0) is 18.2 Å². The molecule has 150 valence electrons. The van der Waals surface area contributed by atoms with Gasteiger partial charge in [0.25, 0.3) is 14.4 Å². The van der Waals surface area contributed by atoms with E-state index in [9.17, 15) is 22.8 Å². The molecule has 13 heteroatoms. The standard InChI is InChI=1S/C15H16N4O7S2/c1-4-11(20)16-14-17-18-15(27-14)28(23,24)19-10-7-8(12(21)25-2)5-6-9(10)13(22)26-3/h5-7,19H,4H2,1-3H3,(H,16,17,20). The first-order valence-electron chi connectivity index (χ1n) is 7.68. The predicted octanol–water partition coefficient (Wildman–Crippen LogP) is 1.26. The fourth-order valence-corrected chi connectivity index (χ4v) is 3.91. The molecule has 2 N–H and O–H groups in total. The van der Waals surface area contributed by atoms with Gasteiger partial charge in [-0.1, -0.05) is 18.3 Å². The van der Waals surface area contributed by atoms with Crippen LogP contribution in [0.5, 0.6) is 0 Å². The number of sulfonamides is 1. The van der Waals surface area contributed by atoms with E-state index in [1.54, 1.807) is 6.92 Å². The van der Waals surface area contributed by atoms with Crippen molar-refractivity contribution in [3.63, 3.8) is 0 Å². The Hall–Kier alpha value is -3.06. The molecule has 28 heavy (non-hydrogen) atoms. The van der Waals surface area contributed by atoms with Crippen LogP contribution >= 0.6 is 11.3 Å². The first-order chi connectivity index (χ1) is 13.2. The number of aromatic nitrogens is 2.